The average molecular weight is 375 g/mol. The monoisotopic (exact) mass is 374 g/mol. The van der Waals surface area contributed by atoms with Crippen molar-refractivity contribution in [1.29, 1.82) is 0 Å². The summed E-state index contributed by atoms with van der Waals surface area (Å²) < 4.78 is 10.2. The van der Waals surface area contributed by atoms with Crippen LogP contribution in [-0.2, 0) is 25.5 Å². The third kappa shape index (κ3) is 13.7. The molecule has 27 heavy (non-hydrogen) atoms. The fraction of sp³-hybridized carbons (Fsp3) is 0.565. The van der Waals surface area contributed by atoms with Crippen LogP contribution in [0.4, 0.5) is 0 Å². The first-order valence-electron chi connectivity index (χ1n) is 10.3. The van der Waals surface area contributed by atoms with Gasteiger partial charge in [-0.15, -0.1) is 0 Å². The molecule has 0 aliphatic rings. The number of aryl methyl sites for hydroxylation is 1. The van der Waals surface area contributed by atoms with Crippen LogP contribution < -0.4 is 0 Å². The van der Waals surface area contributed by atoms with Gasteiger partial charge in [0.15, 0.2) is 0 Å². The van der Waals surface area contributed by atoms with E-state index < -0.39 is 11.9 Å². The predicted molar refractivity (Wildman–Crippen MR) is 108 cm³/mol. The molecule has 1 rings (SSSR count). The van der Waals surface area contributed by atoms with Crippen LogP contribution in [0.5, 0.6) is 0 Å². The number of esters is 2. The van der Waals surface area contributed by atoms with Crippen molar-refractivity contribution in [2.75, 3.05) is 13.2 Å². The van der Waals surface area contributed by atoms with Gasteiger partial charge in [-0.05, 0) is 24.8 Å². The molecule has 0 saturated heterocycles. The predicted octanol–water partition coefficient (Wildman–Crippen LogP) is 5.40. The molecule has 0 atom stereocenters. The van der Waals surface area contributed by atoms with E-state index in [4.69, 9.17) is 9.47 Å². The fourth-order valence-electron chi connectivity index (χ4n) is 2.73. The van der Waals surface area contributed by atoms with Crippen LogP contribution in [0.3, 0.4) is 0 Å². The molecule has 1 aromatic rings. The molecule has 0 aromatic heterocycles. The minimum atomic E-state index is -0.507. The van der Waals surface area contributed by atoms with Crippen molar-refractivity contribution in [1.82, 2.24) is 0 Å². The number of carbonyl (C=O) groups is 2. The van der Waals surface area contributed by atoms with E-state index in [0.29, 0.717) is 13.2 Å². The summed E-state index contributed by atoms with van der Waals surface area (Å²) in [5.41, 5.74) is 1.22. The number of carbonyl (C=O) groups excluding carboxylic acids is 2. The molecule has 0 aliphatic heterocycles. The molecule has 1 aromatic carbocycles. The topological polar surface area (TPSA) is 52.6 Å². The van der Waals surface area contributed by atoms with E-state index in [1.165, 1.54) is 44.1 Å². The van der Waals surface area contributed by atoms with Crippen LogP contribution in [0.15, 0.2) is 42.5 Å². The summed E-state index contributed by atoms with van der Waals surface area (Å²) >= 11 is 0. The summed E-state index contributed by atoms with van der Waals surface area (Å²) in [6.07, 6.45) is 13.5. The van der Waals surface area contributed by atoms with Gasteiger partial charge in [-0.1, -0.05) is 82.2 Å². The van der Waals surface area contributed by atoms with E-state index in [1.807, 2.05) is 30.3 Å². The van der Waals surface area contributed by atoms with Crippen LogP contribution in [0.25, 0.3) is 0 Å². The summed E-state index contributed by atoms with van der Waals surface area (Å²) in [5, 5.41) is 0. The second kappa shape index (κ2) is 16.1. The highest BCUT2D eigenvalue weighted by Gasteiger charge is 2.01. The molecule has 4 nitrogen and oxygen atoms in total. The highest BCUT2D eigenvalue weighted by molar-refractivity contribution is 5.91. The van der Waals surface area contributed by atoms with E-state index in [9.17, 15) is 9.59 Å². The lowest BCUT2D eigenvalue weighted by Gasteiger charge is -2.03. The number of benzene rings is 1. The minimum absolute atomic E-state index is 0.339. The molecule has 150 valence electrons. The Morgan fingerprint density at radius 1 is 0.741 bits per heavy atom. The Balaban J connectivity index is 1.97. The smallest absolute Gasteiger partial charge is 0.331 e. The molecule has 0 aliphatic carbocycles. The molecule has 0 saturated carbocycles. The van der Waals surface area contributed by atoms with Gasteiger partial charge in [-0.3, -0.25) is 0 Å². The van der Waals surface area contributed by atoms with Gasteiger partial charge in [0.05, 0.1) is 13.2 Å². The second-order valence-corrected chi connectivity index (χ2v) is 6.73. The number of ether oxygens (including phenoxy) is 2. The lowest BCUT2D eigenvalue weighted by Crippen LogP contribution is -2.06. The minimum Gasteiger partial charge on any atom is -0.463 e. The maximum absolute atomic E-state index is 11.6. The second-order valence-electron chi connectivity index (χ2n) is 6.73. The zero-order chi connectivity index (χ0) is 19.6. The van der Waals surface area contributed by atoms with Gasteiger partial charge in [0, 0.05) is 12.2 Å². The molecule has 0 radical (unpaired) electrons. The number of rotatable bonds is 15. The summed E-state index contributed by atoms with van der Waals surface area (Å²) in [6, 6.07) is 10.0. The first kappa shape index (κ1) is 22.9. The van der Waals surface area contributed by atoms with Crippen LogP contribution in [0.1, 0.15) is 70.3 Å². The van der Waals surface area contributed by atoms with E-state index in [1.54, 1.807) is 0 Å². The van der Waals surface area contributed by atoms with Gasteiger partial charge < -0.3 is 9.47 Å². The van der Waals surface area contributed by atoms with Gasteiger partial charge in [0.25, 0.3) is 0 Å². The highest BCUT2D eigenvalue weighted by atomic mass is 16.5. The van der Waals surface area contributed by atoms with Gasteiger partial charge in [-0.25, -0.2) is 9.59 Å². The van der Waals surface area contributed by atoms with Crippen molar-refractivity contribution in [2.45, 2.75) is 71.1 Å². The van der Waals surface area contributed by atoms with Crippen molar-refractivity contribution in [2.24, 2.45) is 0 Å². The van der Waals surface area contributed by atoms with E-state index in [2.05, 4.69) is 6.92 Å². The fourth-order valence-corrected chi connectivity index (χ4v) is 2.73. The van der Waals surface area contributed by atoms with E-state index in [0.717, 1.165) is 37.8 Å². The SMILES string of the molecule is CCCCCCCCCCOC(=O)/C=C/C(=O)OCCCc1ccccc1. The molecular weight excluding hydrogens is 340 g/mol. The molecule has 4 heteroatoms. The molecule has 0 unspecified atom stereocenters. The Hall–Kier alpha value is -2.10. The van der Waals surface area contributed by atoms with Crippen molar-refractivity contribution < 1.29 is 19.1 Å². The summed E-state index contributed by atoms with van der Waals surface area (Å²) in [6.45, 7) is 2.96. The average Bonchev–Trinajstić information content (AvgIpc) is 2.69. The van der Waals surface area contributed by atoms with Crippen molar-refractivity contribution >= 4 is 11.9 Å². The normalized spacial score (nSPS) is 10.9. The third-order valence-electron chi connectivity index (χ3n) is 4.29. The van der Waals surface area contributed by atoms with Crippen molar-refractivity contribution in [3.05, 3.63) is 48.0 Å². The van der Waals surface area contributed by atoms with E-state index >= 15 is 0 Å². The number of unbranched alkanes of at least 4 members (excludes halogenated alkanes) is 7. The molecule has 0 fully saturated rings. The maximum atomic E-state index is 11.6. The van der Waals surface area contributed by atoms with Gasteiger partial charge in [0.1, 0.15) is 0 Å². The molecule has 0 amide bonds. The summed E-state index contributed by atoms with van der Waals surface area (Å²) in [4.78, 5) is 23.1. The highest BCUT2D eigenvalue weighted by Crippen LogP contribution is 2.08. The molecule has 0 N–H and O–H groups in total. The third-order valence-corrected chi connectivity index (χ3v) is 4.29. The standard InChI is InChI=1S/C23H34O4/c1-2-3-4-5-6-7-8-12-19-26-22(24)17-18-23(25)27-20-13-16-21-14-10-9-11-15-21/h9-11,14-15,17-18H,2-8,12-13,16,19-20H2,1H3/b18-17+. The largest absolute Gasteiger partial charge is 0.463 e. The molecule has 0 spiro atoms. The number of hydrogen-bond acceptors (Lipinski definition) is 4. The van der Waals surface area contributed by atoms with Crippen molar-refractivity contribution in [3.63, 3.8) is 0 Å². The van der Waals surface area contributed by atoms with Crippen LogP contribution >= 0.6 is 0 Å². The molecule has 0 bridgehead atoms. The summed E-state index contributed by atoms with van der Waals surface area (Å²) in [7, 11) is 0. The van der Waals surface area contributed by atoms with Crippen LogP contribution in [-0.4, -0.2) is 25.2 Å². The maximum Gasteiger partial charge on any atom is 0.331 e. The number of hydrogen-bond donors (Lipinski definition) is 0. The van der Waals surface area contributed by atoms with Crippen LogP contribution in [0.2, 0.25) is 0 Å². The first-order chi connectivity index (χ1) is 13.2. The molecular formula is C23H34O4. The van der Waals surface area contributed by atoms with E-state index in [-0.39, 0.29) is 0 Å². The summed E-state index contributed by atoms with van der Waals surface area (Å²) in [5.74, 6) is -0.994. The lowest BCUT2D eigenvalue weighted by molar-refractivity contribution is -0.140. The quantitative estimate of drug-likeness (QED) is 0.234. The van der Waals surface area contributed by atoms with Gasteiger partial charge in [-0.2, -0.15) is 0 Å². The Morgan fingerprint density at radius 3 is 1.85 bits per heavy atom. The Morgan fingerprint density at radius 2 is 1.26 bits per heavy atom. The Labute approximate surface area is 163 Å². The Bertz CT molecular complexity index is 537. The van der Waals surface area contributed by atoms with Crippen LogP contribution in [0, 0.1) is 0 Å². The van der Waals surface area contributed by atoms with Gasteiger partial charge >= 0.3 is 11.9 Å². The zero-order valence-corrected chi connectivity index (χ0v) is 16.7. The first-order valence-corrected chi connectivity index (χ1v) is 10.3. The Kier molecular flexibility index (Phi) is 13.7. The molecule has 0 heterocycles. The lowest BCUT2D eigenvalue weighted by atomic mass is 10.1. The van der Waals surface area contributed by atoms with Crippen molar-refractivity contribution in [3.8, 4) is 0 Å². The van der Waals surface area contributed by atoms with Gasteiger partial charge in [0.2, 0.25) is 0 Å². The zero-order valence-electron chi connectivity index (χ0n) is 16.7.